The second kappa shape index (κ2) is 7.64. The summed E-state index contributed by atoms with van der Waals surface area (Å²) < 4.78 is 5.47. The van der Waals surface area contributed by atoms with Gasteiger partial charge in [0.15, 0.2) is 12.4 Å². The van der Waals surface area contributed by atoms with Gasteiger partial charge in [-0.05, 0) is 49.7 Å². The Hall–Kier alpha value is -2.86. The van der Waals surface area contributed by atoms with E-state index in [1.165, 1.54) is 11.8 Å². The van der Waals surface area contributed by atoms with Crippen molar-refractivity contribution in [2.45, 2.75) is 18.9 Å². The van der Waals surface area contributed by atoms with Gasteiger partial charge in [0.25, 0.3) is 5.91 Å². The molecule has 1 aliphatic heterocycles. The van der Waals surface area contributed by atoms with Crippen molar-refractivity contribution in [1.29, 1.82) is 0 Å². The third-order valence-electron chi connectivity index (χ3n) is 4.79. The molecular weight excluding hydrogens is 372 g/mol. The van der Waals surface area contributed by atoms with E-state index in [1.807, 2.05) is 37.3 Å². The van der Waals surface area contributed by atoms with Gasteiger partial charge in [0.2, 0.25) is 0 Å². The molecule has 0 aliphatic carbocycles. The fourth-order valence-corrected chi connectivity index (χ4v) is 4.21. The fraction of sp³-hybridized carbons (Fsp3) is 0.227. The first-order valence-corrected chi connectivity index (χ1v) is 10.1. The van der Waals surface area contributed by atoms with Crippen LogP contribution < -0.4 is 9.64 Å². The average Bonchev–Trinajstić information content (AvgIpc) is 2.71. The smallest absolute Gasteiger partial charge is 0.265 e. The predicted molar refractivity (Wildman–Crippen MR) is 111 cm³/mol. The lowest BCUT2D eigenvalue weighted by Crippen LogP contribution is -2.38. The number of pyridine rings is 1. The van der Waals surface area contributed by atoms with Crippen LogP contribution in [0.4, 0.5) is 5.69 Å². The Morgan fingerprint density at radius 2 is 2.04 bits per heavy atom. The minimum atomic E-state index is -0.0928. The Morgan fingerprint density at radius 3 is 2.86 bits per heavy atom. The SMILES string of the molecule is CCN1C(=O)COc2ccc(C(=O)CSc3cc(C)c4ccccc4n3)cc21. The highest BCUT2D eigenvalue weighted by Crippen LogP contribution is 2.33. The Kier molecular flexibility index (Phi) is 5.05. The summed E-state index contributed by atoms with van der Waals surface area (Å²) in [4.78, 5) is 31.1. The van der Waals surface area contributed by atoms with Crippen molar-refractivity contribution >= 4 is 40.0 Å². The number of para-hydroxylation sites is 1. The lowest BCUT2D eigenvalue weighted by molar-refractivity contribution is -0.121. The van der Waals surface area contributed by atoms with Crippen LogP contribution in [0.5, 0.6) is 5.75 Å². The van der Waals surface area contributed by atoms with Crippen molar-refractivity contribution in [1.82, 2.24) is 4.98 Å². The molecule has 5 nitrogen and oxygen atoms in total. The van der Waals surface area contributed by atoms with Crippen molar-refractivity contribution in [3.63, 3.8) is 0 Å². The molecule has 2 aromatic carbocycles. The number of aromatic nitrogens is 1. The number of rotatable bonds is 5. The number of carbonyl (C=O) groups excluding carboxylic acids is 2. The topological polar surface area (TPSA) is 59.5 Å². The summed E-state index contributed by atoms with van der Waals surface area (Å²) >= 11 is 1.42. The number of anilines is 1. The summed E-state index contributed by atoms with van der Waals surface area (Å²) in [5.74, 6) is 0.821. The van der Waals surface area contributed by atoms with E-state index in [0.29, 0.717) is 23.5 Å². The Morgan fingerprint density at radius 1 is 1.21 bits per heavy atom. The summed E-state index contributed by atoms with van der Waals surface area (Å²) in [7, 11) is 0. The normalized spacial score (nSPS) is 13.4. The number of fused-ring (bicyclic) bond motifs is 2. The molecular formula is C22H20N2O3S. The third-order valence-corrected chi connectivity index (χ3v) is 5.70. The maximum Gasteiger partial charge on any atom is 0.265 e. The fourth-order valence-electron chi connectivity index (χ4n) is 3.34. The van der Waals surface area contributed by atoms with Gasteiger partial charge in [0.1, 0.15) is 5.75 Å². The van der Waals surface area contributed by atoms with E-state index in [4.69, 9.17) is 4.74 Å². The first kappa shape index (κ1) is 18.5. The minimum absolute atomic E-state index is 0.00510. The van der Waals surface area contributed by atoms with Crippen LogP contribution in [-0.4, -0.2) is 35.6 Å². The van der Waals surface area contributed by atoms with Crippen molar-refractivity contribution in [2.75, 3.05) is 23.8 Å². The van der Waals surface area contributed by atoms with Crippen LogP contribution in [0.3, 0.4) is 0 Å². The number of ketones is 1. The third kappa shape index (κ3) is 3.47. The molecule has 2 heterocycles. The van der Waals surface area contributed by atoms with Gasteiger partial charge in [-0.3, -0.25) is 9.59 Å². The Labute approximate surface area is 167 Å². The summed E-state index contributed by atoms with van der Waals surface area (Å²) in [6.07, 6.45) is 0. The molecule has 28 heavy (non-hydrogen) atoms. The molecule has 0 N–H and O–H groups in total. The average molecular weight is 392 g/mol. The van der Waals surface area contributed by atoms with Gasteiger partial charge in [-0.25, -0.2) is 4.98 Å². The minimum Gasteiger partial charge on any atom is -0.482 e. The zero-order valence-electron chi connectivity index (χ0n) is 15.8. The van der Waals surface area contributed by atoms with Gasteiger partial charge in [-0.15, -0.1) is 0 Å². The molecule has 0 atom stereocenters. The molecule has 1 aromatic heterocycles. The number of carbonyl (C=O) groups is 2. The van der Waals surface area contributed by atoms with E-state index < -0.39 is 0 Å². The second-order valence-electron chi connectivity index (χ2n) is 6.62. The Balaban J connectivity index is 1.53. The number of likely N-dealkylation sites (N-methyl/N-ethyl adjacent to an activating group) is 1. The molecule has 0 saturated carbocycles. The van der Waals surface area contributed by atoms with E-state index in [0.717, 1.165) is 21.5 Å². The van der Waals surface area contributed by atoms with Crippen LogP contribution in [0.2, 0.25) is 0 Å². The van der Waals surface area contributed by atoms with Gasteiger partial charge < -0.3 is 9.64 Å². The first-order valence-electron chi connectivity index (χ1n) is 9.16. The van der Waals surface area contributed by atoms with E-state index in [1.54, 1.807) is 23.1 Å². The van der Waals surface area contributed by atoms with Gasteiger partial charge in [0, 0.05) is 17.5 Å². The highest BCUT2D eigenvalue weighted by atomic mass is 32.2. The van der Waals surface area contributed by atoms with Gasteiger partial charge >= 0.3 is 0 Å². The maximum absolute atomic E-state index is 12.7. The monoisotopic (exact) mass is 392 g/mol. The molecule has 0 radical (unpaired) electrons. The molecule has 6 heteroatoms. The number of aryl methyl sites for hydroxylation is 1. The van der Waals surface area contributed by atoms with E-state index >= 15 is 0 Å². The molecule has 0 saturated heterocycles. The molecule has 1 aliphatic rings. The lowest BCUT2D eigenvalue weighted by Gasteiger charge is -2.28. The molecule has 3 aromatic rings. The molecule has 0 unspecified atom stereocenters. The van der Waals surface area contributed by atoms with Crippen molar-refractivity contribution < 1.29 is 14.3 Å². The summed E-state index contributed by atoms with van der Waals surface area (Å²) in [6, 6.07) is 15.3. The summed E-state index contributed by atoms with van der Waals surface area (Å²) in [5.41, 5.74) is 3.30. The predicted octanol–water partition coefficient (Wildman–Crippen LogP) is 4.26. The van der Waals surface area contributed by atoms with E-state index in [-0.39, 0.29) is 24.1 Å². The molecule has 4 rings (SSSR count). The number of benzene rings is 2. The van der Waals surface area contributed by atoms with Crippen LogP contribution in [-0.2, 0) is 4.79 Å². The molecule has 0 spiro atoms. The standard InChI is InChI=1S/C22H20N2O3S/c1-3-24-18-11-15(8-9-20(18)27-12-22(24)26)19(25)13-28-21-10-14(2)16-6-4-5-7-17(16)23-21/h4-11H,3,12-13H2,1-2H3. The number of Topliss-reactive ketones (excluding diaryl/α,β-unsaturated/α-hetero) is 1. The van der Waals surface area contributed by atoms with Crippen molar-refractivity contribution in [2.24, 2.45) is 0 Å². The zero-order chi connectivity index (χ0) is 19.7. The molecule has 0 bridgehead atoms. The number of thioether (sulfide) groups is 1. The summed E-state index contributed by atoms with van der Waals surface area (Å²) in [6.45, 7) is 4.54. The van der Waals surface area contributed by atoms with Crippen molar-refractivity contribution in [3.8, 4) is 5.75 Å². The Bertz CT molecular complexity index is 1080. The highest BCUT2D eigenvalue weighted by molar-refractivity contribution is 7.99. The van der Waals surface area contributed by atoms with Crippen LogP contribution in [0, 0.1) is 6.92 Å². The highest BCUT2D eigenvalue weighted by Gasteiger charge is 2.25. The largest absolute Gasteiger partial charge is 0.482 e. The maximum atomic E-state index is 12.7. The van der Waals surface area contributed by atoms with Gasteiger partial charge in [-0.2, -0.15) is 0 Å². The van der Waals surface area contributed by atoms with Crippen molar-refractivity contribution in [3.05, 3.63) is 59.7 Å². The zero-order valence-corrected chi connectivity index (χ0v) is 16.6. The number of amides is 1. The number of nitrogens with zero attached hydrogens (tertiary/aromatic N) is 2. The number of hydrogen-bond acceptors (Lipinski definition) is 5. The second-order valence-corrected chi connectivity index (χ2v) is 7.61. The number of ether oxygens (including phenoxy) is 1. The quantitative estimate of drug-likeness (QED) is 0.480. The van der Waals surface area contributed by atoms with Crippen LogP contribution >= 0.6 is 11.8 Å². The molecule has 142 valence electrons. The number of hydrogen-bond donors (Lipinski definition) is 0. The first-order chi connectivity index (χ1) is 13.6. The van der Waals surface area contributed by atoms with Crippen LogP contribution in [0.15, 0.2) is 53.6 Å². The van der Waals surface area contributed by atoms with Gasteiger partial charge in [-0.1, -0.05) is 30.0 Å². The molecule has 0 fully saturated rings. The van der Waals surface area contributed by atoms with E-state index in [9.17, 15) is 9.59 Å². The van der Waals surface area contributed by atoms with Gasteiger partial charge in [0.05, 0.1) is 22.0 Å². The lowest BCUT2D eigenvalue weighted by atomic mass is 10.1. The molecule has 1 amide bonds. The van der Waals surface area contributed by atoms with Crippen LogP contribution in [0.25, 0.3) is 10.9 Å². The van der Waals surface area contributed by atoms with E-state index in [2.05, 4.69) is 11.9 Å². The van der Waals surface area contributed by atoms with Crippen LogP contribution in [0.1, 0.15) is 22.8 Å². The summed E-state index contributed by atoms with van der Waals surface area (Å²) in [5, 5.41) is 1.95.